The minimum atomic E-state index is -1.33. The van der Waals surface area contributed by atoms with Crippen molar-refractivity contribution in [2.45, 2.75) is 32.0 Å². The summed E-state index contributed by atoms with van der Waals surface area (Å²) in [5.74, 6) is -1.11. The van der Waals surface area contributed by atoms with Gasteiger partial charge in [0.25, 0.3) is 0 Å². The third-order valence-electron chi connectivity index (χ3n) is 2.96. The molecule has 0 bridgehead atoms. The highest BCUT2D eigenvalue weighted by atomic mass is 16.6. The Morgan fingerprint density at radius 2 is 1.95 bits per heavy atom. The predicted octanol–water partition coefficient (Wildman–Crippen LogP) is 1.66. The van der Waals surface area contributed by atoms with Gasteiger partial charge in [0.2, 0.25) is 0 Å². The van der Waals surface area contributed by atoms with E-state index in [1.54, 1.807) is 24.3 Å². The van der Waals surface area contributed by atoms with Crippen LogP contribution in [-0.2, 0) is 25.5 Å². The van der Waals surface area contributed by atoms with E-state index in [1.807, 2.05) is 0 Å². The van der Waals surface area contributed by atoms with Crippen LogP contribution in [0.5, 0.6) is 5.75 Å². The lowest BCUT2D eigenvalue weighted by Crippen LogP contribution is -2.37. The number of hydrogen-bond donors (Lipinski definition) is 1. The Kier molecular flexibility index (Phi) is 5.72. The molecule has 116 valence electrons. The summed E-state index contributed by atoms with van der Waals surface area (Å²) in [5.41, 5.74) is -0.548. The van der Waals surface area contributed by atoms with Crippen molar-refractivity contribution in [1.82, 2.24) is 0 Å². The van der Waals surface area contributed by atoms with Gasteiger partial charge < -0.3 is 19.3 Å². The van der Waals surface area contributed by atoms with Gasteiger partial charge in [-0.05, 0) is 31.5 Å². The van der Waals surface area contributed by atoms with Gasteiger partial charge in [0, 0.05) is 13.5 Å². The van der Waals surface area contributed by atoms with Gasteiger partial charge in [-0.25, -0.2) is 9.59 Å². The Balaban J connectivity index is 2.86. The summed E-state index contributed by atoms with van der Waals surface area (Å²) in [5, 5.41) is 9.05. The lowest BCUT2D eigenvalue weighted by molar-refractivity contribution is -0.152. The molecule has 0 fully saturated rings. The molecule has 0 heterocycles. The van der Waals surface area contributed by atoms with E-state index in [0.717, 1.165) is 5.56 Å². The van der Waals surface area contributed by atoms with Crippen LogP contribution in [0.3, 0.4) is 0 Å². The van der Waals surface area contributed by atoms with Crippen molar-refractivity contribution in [3.8, 4) is 5.75 Å². The van der Waals surface area contributed by atoms with E-state index in [2.05, 4.69) is 4.74 Å². The molecule has 1 atom stereocenters. The first-order chi connectivity index (χ1) is 9.80. The molecule has 0 spiro atoms. The first-order valence-electron chi connectivity index (χ1n) is 6.42. The van der Waals surface area contributed by atoms with Gasteiger partial charge >= 0.3 is 11.9 Å². The Morgan fingerprint density at radius 3 is 2.48 bits per heavy atom. The minimum absolute atomic E-state index is 0.313. The van der Waals surface area contributed by atoms with Crippen LogP contribution < -0.4 is 4.74 Å². The van der Waals surface area contributed by atoms with Gasteiger partial charge in [0.1, 0.15) is 5.75 Å². The first-order valence-corrected chi connectivity index (χ1v) is 6.42. The second-order valence-corrected chi connectivity index (χ2v) is 5.02. The molecule has 6 heteroatoms. The van der Waals surface area contributed by atoms with Crippen LogP contribution in [0.1, 0.15) is 19.4 Å². The fourth-order valence-corrected chi connectivity index (χ4v) is 1.68. The zero-order valence-electron chi connectivity index (χ0n) is 12.6. The zero-order valence-corrected chi connectivity index (χ0v) is 12.6. The quantitative estimate of drug-likeness (QED) is 0.771. The van der Waals surface area contributed by atoms with Gasteiger partial charge in [0.15, 0.2) is 11.7 Å². The molecule has 0 aliphatic rings. The van der Waals surface area contributed by atoms with Crippen LogP contribution in [0.25, 0.3) is 0 Å². The molecule has 0 radical (unpaired) electrons. The standard InChI is InChI=1S/C15H20O6/c1-15(2,14(17)18)21-11-7-5-6-10(8-11)9-12(19-3)13(16)20-4/h5-8,12H,9H2,1-4H3,(H,17,18)/t12-/m0/s1. The largest absolute Gasteiger partial charge is 0.478 e. The molecule has 1 rings (SSSR count). The highest BCUT2D eigenvalue weighted by Gasteiger charge is 2.29. The van der Waals surface area contributed by atoms with Crippen molar-refractivity contribution >= 4 is 11.9 Å². The number of hydrogen-bond acceptors (Lipinski definition) is 5. The van der Waals surface area contributed by atoms with Crippen molar-refractivity contribution in [3.05, 3.63) is 29.8 Å². The van der Waals surface area contributed by atoms with E-state index in [-0.39, 0.29) is 0 Å². The van der Waals surface area contributed by atoms with Gasteiger partial charge in [-0.1, -0.05) is 12.1 Å². The Bertz CT molecular complexity index is 509. The number of carboxylic acid groups (broad SMARTS) is 1. The van der Waals surface area contributed by atoms with Crippen molar-refractivity contribution in [2.24, 2.45) is 0 Å². The number of carbonyl (C=O) groups excluding carboxylic acids is 1. The molecule has 6 nitrogen and oxygen atoms in total. The van der Waals surface area contributed by atoms with Crippen molar-refractivity contribution in [3.63, 3.8) is 0 Å². The smallest absolute Gasteiger partial charge is 0.347 e. The summed E-state index contributed by atoms with van der Waals surface area (Å²) in [6, 6.07) is 6.87. The zero-order chi connectivity index (χ0) is 16.0. The molecule has 1 N–H and O–H groups in total. The molecule has 0 amide bonds. The number of esters is 1. The highest BCUT2D eigenvalue weighted by Crippen LogP contribution is 2.21. The maximum Gasteiger partial charge on any atom is 0.347 e. The summed E-state index contributed by atoms with van der Waals surface area (Å²) in [6.45, 7) is 2.93. The molecule has 1 aromatic rings. The van der Waals surface area contributed by atoms with Crippen molar-refractivity contribution in [2.75, 3.05) is 14.2 Å². The fraction of sp³-hybridized carbons (Fsp3) is 0.467. The van der Waals surface area contributed by atoms with Crippen molar-refractivity contribution in [1.29, 1.82) is 0 Å². The molecule has 0 saturated heterocycles. The molecule has 0 aliphatic heterocycles. The average molecular weight is 296 g/mol. The average Bonchev–Trinajstić information content (AvgIpc) is 2.43. The maximum atomic E-state index is 11.5. The second-order valence-electron chi connectivity index (χ2n) is 5.02. The normalized spacial score (nSPS) is 12.6. The van der Waals surface area contributed by atoms with Crippen LogP contribution in [-0.4, -0.2) is 43.0 Å². The Labute approximate surface area is 123 Å². The fourth-order valence-electron chi connectivity index (χ4n) is 1.68. The second kappa shape index (κ2) is 7.08. The third kappa shape index (κ3) is 4.75. The number of carbonyl (C=O) groups is 2. The van der Waals surface area contributed by atoms with Gasteiger partial charge in [-0.3, -0.25) is 0 Å². The maximum absolute atomic E-state index is 11.5. The minimum Gasteiger partial charge on any atom is -0.478 e. The van der Waals surface area contributed by atoms with Crippen LogP contribution in [0.4, 0.5) is 0 Å². The molecule has 0 aliphatic carbocycles. The molecule has 0 aromatic heterocycles. The molecule has 0 unspecified atom stereocenters. The predicted molar refractivity (Wildman–Crippen MR) is 75.3 cm³/mol. The number of benzene rings is 1. The third-order valence-corrected chi connectivity index (χ3v) is 2.96. The summed E-state index contributed by atoms with van der Waals surface area (Å²) in [6.07, 6.45) is -0.397. The van der Waals surface area contributed by atoms with Crippen LogP contribution in [0.15, 0.2) is 24.3 Å². The monoisotopic (exact) mass is 296 g/mol. The van der Waals surface area contributed by atoms with E-state index < -0.39 is 23.6 Å². The van der Waals surface area contributed by atoms with Gasteiger partial charge in [0.05, 0.1) is 7.11 Å². The summed E-state index contributed by atoms with van der Waals surface area (Å²) in [7, 11) is 2.72. The molecule has 21 heavy (non-hydrogen) atoms. The molecular weight excluding hydrogens is 276 g/mol. The lowest BCUT2D eigenvalue weighted by Gasteiger charge is -2.22. The number of aliphatic carboxylic acids is 1. The van der Waals surface area contributed by atoms with Crippen LogP contribution in [0.2, 0.25) is 0 Å². The van der Waals surface area contributed by atoms with E-state index in [0.29, 0.717) is 12.2 Å². The van der Waals surface area contributed by atoms with Gasteiger partial charge in [-0.2, -0.15) is 0 Å². The topological polar surface area (TPSA) is 82.1 Å². The number of ether oxygens (including phenoxy) is 3. The van der Waals surface area contributed by atoms with Gasteiger partial charge in [-0.15, -0.1) is 0 Å². The SMILES string of the molecule is COC(=O)[C@H](Cc1cccc(OC(C)(C)C(=O)O)c1)OC. The van der Waals surface area contributed by atoms with Crippen LogP contribution in [0, 0.1) is 0 Å². The van der Waals surface area contributed by atoms with E-state index in [9.17, 15) is 9.59 Å². The van der Waals surface area contributed by atoms with E-state index in [4.69, 9.17) is 14.6 Å². The summed E-state index contributed by atoms with van der Waals surface area (Å²) < 4.78 is 15.2. The molecular formula is C15H20O6. The number of methoxy groups -OCH3 is 2. The first kappa shape index (κ1) is 17.0. The van der Waals surface area contributed by atoms with E-state index >= 15 is 0 Å². The number of rotatable bonds is 7. The summed E-state index contributed by atoms with van der Waals surface area (Å²) in [4.78, 5) is 22.6. The highest BCUT2D eigenvalue weighted by molar-refractivity contribution is 5.77. The summed E-state index contributed by atoms with van der Waals surface area (Å²) >= 11 is 0. The van der Waals surface area contributed by atoms with Crippen molar-refractivity contribution < 1.29 is 28.9 Å². The Morgan fingerprint density at radius 1 is 1.29 bits per heavy atom. The lowest BCUT2D eigenvalue weighted by atomic mass is 10.1. The van der Waals surface area contributed by atoms with Crippen LogP contribution >= 0.6 is 0 Å². The van der Waals surface area contributed by atoms with E-state index in [1.165, 1.54) is 28.1 Å². The molecule has 1 aromatic carbocycles. The Hall–Kier alpha value is -2.08. The number of carboxylic acids is 1. The molecule has 0 saturated carbocycles.